The van der Waals surface area contributed by atoms with Crippen molar-refractivity contribution in [2.75, 3.05) is 25.0 Å². The Hall–Kier alpha value is -2.13. The van der Waals surface area contributed by atoms with E-state index in [0.717, 1.165) is 0 Å². The third-order valence-electron chi connectivity index (χ3n) is 2.19. The Bertz CT molecular complexity index is 439. The predicted octanol–water partition coefficient (Wildman–Crippen LogP) is 0.861. The SMILES string of the molecule is CN(CCN)c1cccc(C#N)c1[N+](=O)[O-]. The van der Waals surface area contributed by atoms with Crippen molar-refractivity contribution in [1.29, 1.82) is 5.26 Å². The van der Waals surface area contributed by atoms with Gasteiger partial charge in [0.25, 0.3) is 0 Å². The first-order valence-corrected chi connectivity index (χ1v) is 4.70. The Labute approximate surface area is 93.0 Å². The fourth-order valence-corrected chi connectivity index (χ4v) is 1.44. The minimum absolute atomic E-state index is 0.0615. The lowest BCUT2D eigenvalue weighted by Crippen LogP contribution is -2.25. The summed E-state index contributed by atoms with van der Waals surface area (Å²) in [6.07, 6.45) is 0. The molecule has 0 amide bonds. The standard InChI is InChI=1S/C10H12N4O2/c1-13(6-5-11)9-4-2-3-8(7-12)10(9)14(15)16/h2-4H,5-6,11H2,1H3. The van der Waals surface area contributed by atoms with E-state index in [4.69, 9.17) is 11.0 Å². The summed E-state index contributed by atoms with van der Waals surface area (Å²) >= 11 is 0. The molecule has 0 aliphatic rings. The zero-order chi connectivity index (χ0) is 12.1. The number of hydrogen-bond acceptors (Lipinski definition) is 5. The quantitative estimate of drug-likeness (QED) is 0.599. The molecule has 1 rings (SSSR count). The third-order valence-corrected chi connectivity index (χ3v) is 2.19. The normalized spacial score (nSPS) is 9.56. The van der Waals surface area contributed by atoms with E-state index >= 15 is 0 Å². The second-order valence-corrected chi connectivity index (χ2v) is 3.25. The van der Waals surface area contributed by atoms with Crippen molar-refractivity contribution in [3.63, 3.8) is 0 Å². The molecule has 0 spiro atoms. The molecule has 0 aliphatic carbocycles. The molecule has 0 heterocycles. The van der Waals surface area contributed by atoms with E-state index in [-0.39, 0.29) is 11.3 Å². The van der Waals surface area contributed by atoms with Crippen molar-refractivity contribution < 1.29 is 4.92 Å². The number of hydrogen-bond donors (Lipinski definition) is 1. The molecule has 84 valence electrons. The van der Waals surface area contributed by atoms with Crippen LogP contribution in [0.15, 0.2) is 18.2 Å². The minimum atomic E-state index is -0.541. The highest BCUT2D eigenvalue weighted by Gasteiger charge is 2.21. The molecule has 0 fully saturated rings. The Morgan fingerprint density at radius 3 is 2.81 bits per heavy atom. The lowest BCUT2D eigenvalue weighted by molar-refractivity contribution is -0.384. The summed E-state index contributed by atoms with van der Waals surface area (Å²) in [6, 6.07) is 6.47. The number of nitro benzene ring substituents is 1. The van der Waals surface area contributed by atoms with Crippen molar-refractivity contribution in [3.05, 3.63) is 33.9 Å². The minimum Gasteiger partial charge on any atom is -0.368 e. The highest BCUT2D eigenvalue weighted by atomic mass is 16.6. The summed E-state index contributed by atoms with van der Waals surface area (Å²) in [7, 11) is 1.70. The summed E-state index contributed by atoms with van der Waals surface area (Å²) in [5.74, 6) is 0. The van der Waals surface area contributed by atoms with Crippen molar-refractivity contribution in [1.82, 2.24) is 0 Å². The molecule has 0 aromatic heterocycles. The van der Waals surface area contributed by atoms with Crippen LogP contribution in [0.25, 0.3) is 0 Å². The maximum absolute atomic E-state index is 10.9. The summed E-state index contributed by atoms with van der Waals surface area (Å²) in [5.41, 5.74) is 5.69. The van der Waals surface area contributed by atoms with Crippen LogP contribution in [0.3, 0.4) is 0 Å². The van der Waals surface area contributed by atoms with Crippen LogP contribution in [-0.4, -0.2) is 25.1 Å². The fraction of sp³-hybridized carbons (Fsp3) is 0.300. The van der Waals surface area contributed by atoms with Gasteiger partial charge in [0.05, 0.1) is 4.92 Å². The number of benzene rings is 1. The molecule has 0 saturated heterocycles. The number of nitro groups is 1. The van der Waals surface area contributed by atoms with Crippen molar-refractivity contribution in [3.8, 4) is 6.07 Å². The summed E-state index contributed by atoms with van der Waals surface area (Å²) in [6.45, 7) is 0.889. The number of nitriles is 1. The van der Waals surface area contributed by atoms with Gasteiger partial charge < -0.3 is 10.6 Å². The Morgan fingerprint density at radius 1 is 1.62 bits per heavy atom. The Balaban J connectivity index is 3.28. The van der Waals surface area contributed by atoms with E-state index in [1.807, 2.05) is 6.07 Å². The van der Waals surface area contributed by atoms with Gasteiger partial charge in [-0.25, -0.2) is 0 Å². The van der Waals surface area contributed by atoms with Crippen molar-refractivity contribution in [2.24, 2.45) is 5.73 Å². The van der Waals surface area contributed by atoms with Gasteiger partial charge in [0.15, 0.2) is 0 Å². The van der Waals surface area contributed by atoms with E-state index in [0.29, 0.717) is 18.8 Å². The van der Waals surface area contributed by atoms with Gasteiger partial charge in [-0.3, -0.25) is 10.1 Å². The first-order chi connectivity index (χ1) is 7.61. The lowest BCUT2D eigenvalue weighted by Gasteiger charge is -2.18. The van der Waals surface area contributed by atoms with E-state index < -0.39 is 4.92 Å². The van der Waals surface area contributed by atoms with Crippen LogP contribution in [0.1, 0.15) is 5.56 Å². The second-order valence-electron chi connectivity index (χ2n) is 3.25. The number of para-hydroxylation sites is 1. The van der Waals surface area contributed by atoms with Gasteiger partial charge in [0.2, 0.25) is 0 Å². The van der Waals surface area contributed by atoms with Crippen molar-refractivity contribution in [2.45, 2.75) is 0 Å². The molecule has 0 unspecified atom stereocenters. The number of anilines is 1. The van der Waals surface area contributed by atoms with Crippen LogP contribution in [0.2, 0.25) is 0 Å². The van der Waals surface area contributed by atoms with Crippen LogP contribution in [0, 0.1) is 21.4 Å². The molecule has 0 radical (unpaired) electrons. The third kappa shape index (κ3) is 2.27. The van der Waals surface area contributed by atoms with Crippen LogP contribution < -0.4 is 10.6 Å². The predicted molar refractivity (Wildman–Crippen MR) is 60.1 cm³/mol. The number of likely N-dealkylation sites (N-methyl/N-ethyl adjacent to an activating group) is 1. The average Bonchev–Trinajstić information content (AvgIpc) is 2.28. The molecular weight excluding hydrogens is 208 g/mol. The highest BCUT2D eigenvalue weighted by molar-refractivity contribution is 5.69. The molecule has 6 heteroatoms. The molecule has 2 N–H and O–H groups in total. The van der Waals surface area contributed by atoms with Gasteiger partial charge in [-0.05, 0) is 12.1 Å². The zero-order valence-electron chi connectivity index (χ0n) is 8.88. The highest BCUT2D eigenvalue weighted by Crippen LogP contribution is 2.30. The van der Waals surface area contributed by atoms with Gasteiger partial charge in [-0.15, -0.1) is 0 Å². The van der Waals surface area contributed by atoms with Crippen LogP contribution in [0.4, 0.5) is 11.4 Å². The molecule has 1 aromatic carbocycles. The van der Waals surface area contributed by atoms with E-state index in [2.05, 4.69) is 0 Å². The van der Waals surface area contributed by atoms with Gasteiger partial charge >= 0.3 is 5.69 Å². The molecule has 0 saturated carbocycles. The number of nitrogens with zero attached hydrogens (tertiary/aromatic N) is 3. The molecule has 0 aliphatic heterocycles. The maximum atomic E-state index is 10.9. The summed E-state index contributed by atoms with van der Waals surface area (Å²) in [5, 5.41) is 19.7. The summed E-state index contributed by atoms with van der Waals surface area (Å²) < 4.78 is 0. The fourth-order valence-electron chi connectivity index (χ4n) is 1.44. The molecule has 6 nitrogen and oxygen atoms in total. The van der Waals surface area contributed by atoms with Crippen LogP contribution >= 0.6 is 0 Å². The van der Waals surface area contributed by atoms with Gasteiger partial charge in [0.1, 0.15) is 17.3 Å². The smallest absolute Gasteiger partial charge is 0.310 e. The first kappa shape index (κ1) is 11.9. The monoisotopic (exact) mass is 220 g/mol. The molecule has 16 heavy (non-hydrogen) atoms. The van der Waals surface area contributed by atoms with E-state index in [9.17, 15) is 10.1 Å². The largest absolute Gasteiger partial charge is 0.368 e. The molecule has 0 bridgehead atoms. The Morgan fingerprint density at radius 2 is 2.31 bits per heavy atom. The van der Waals surface area contributed by atoms with Gasteiger partial charge in [0, 0.05) is 20.1 Å². The number of rotatable bonds is 4. The molecule has 0 atom stereocenters. The van der Waals surface area contributed by atoms with E-state index in [1.165, 1.54) is 6.07 Å². The maximum Gasteiger partial charge on any atom is 0.310 e. The summed E-state index contributed by atoms with van der Waals surface area (Å²) in [4.78, 5) is 12.0. The molecule has 1 aromatic rings. The molecular formula is C10H12N4O2. The van der Waals surface area contributed by atoms with E-state index in [1.54, 1.807) is 24.1 Å². The van der Waals surface area contributed by atoms with Crippen LogP contribution in [-0.2, 0) is 0 Å². The lowest BCUT2D eigenvalue weighted by atomic mass is 10.1. The van der Waals surface area contributed by atoms with Crippen LogP contribution in [0.5, 0.6) is 0 Å². The van der Waals surface area contributed by atoms with Gasteiger partial charge in [-0.1, -0.05) is 6.07 Å². The number of nitrogens with two attached hydrogens (primary N) is 1. The second kappa shape index (κ2) is 5.09. The first-order valence-electron chi connectivity index (χ1n) is 4.70. The zero-order valence-corrected chi connectivity index (χ0v) is 8.88. The topological polar surface area (TPSA) is 96.2 Å². The average molecular weight is 220 g/mol. The van der Waals surface area contributed by atoms with Crippen molar-refractivity contribution >= 4 is 11.4 Å². The Kier molecular flexibility index (Phi) is 3.80. The van der Waals surface area contributed by atoms with Gasteiger partial charge in [-0.2, -0.15) is 5.26 Å².